The molecule has 1 unspecified atom stereocenters. The molecule has 4 nitrogen and oxygen atoms in total. The van der Waals surface area contributed by atoms with E-state index >= 15 is 0 Å². The predicted octanol–water partition coefficient (Wildman–Crippen LogP) is 2.31. The Bertz CT molecular complexity index is 414. The molecule has 0 aliphatic carbocycles. The summed E-state index contributed by atoms with van der Waals surface area (Å²) in [5, 5.41) is 4.57. The molecule has 1 saturated heterocycles. The summed E-state index contributed by atoms with van der Waals surface area (Å²) in [7, 11) is 2.04. The topological polar surface area (TPSA) is 47.1 Å². The van der Waals surface area contributed by atoms with E-state index in [2.05, 4.69) is 32.9 Å². The molecular formula is C14H25BrN4. The van der Waals surface area contributed by atoms with E-state index in [1.807, 2.05) is 11.7 Å². The fourth-order valence-corrected chi connectivity index (χ4v) is 3.71. The van der Waals surface area contributed by atoms with Gasteiger partial charge in [0.1, 0.15) is 0 Å². The number of nitrogens with two attached hydrogens (primary N) is 1. The minimum absolute atomic E-state index is 0.774. The molecule has 0 spiro atoms. The average Bonchev–Trinajstić information content (AvgIpc) is 2.67. The van der Waals surface area contributed by atoms with Crippen LogP contribution in [-0.2, 0) is 20.0 Å². The van der Waals surface area contributed by atoms with Gasteiger partial charge in [-0.1, -0.05) is 6.92 Å². The monoisotopic (exact) mass is 328 g/mol. The molecular weight excluding hydrogens is 304 g/mol. The minimum Gasteiger partial charge on any atom is -0.330 e. The molecule has 5 heteroatoms. The highest BCUT2D eigenvalue weighted by Gasteiger charge is 2.22. The van der Waals surface area contributed by atoms with Crippen LogP contribution < -0.4 is 5.73 Å². The van der Waals surface area contributed by atoms with Gasteiger partial charge in [-0.2, -0.15) is 5.10 Å². The lowest BCUT2D eigenvalue weighted by Gasteiger charge is -2.32. The summed E-state index contributed by atoms with van der Waals surface area (Å²) < 4.78 is 3.22. The number of rotatable bonds is 5. The molecule has 2 N–H and O–H groups in total. The first kappa shape index (κ1) is 15.0. The summed E-state index contributed by atoms with van der Waals surface area (Å²) in [6.45, 7) is 6.32. The standard InChI is InChI=1S/C14H25BrN4/c1-3-12-14(15)13(18(2)17-12)10-19-8-4-5-11(9-19)6-7-16/h11H,3-10,16H2,1-2H3. The van der Waals surface area contributed by atoms with E-state index in [0.29, 0.717) is 0 Å². The summed E-state index contributed by atoms with van der Waals surface area (Å²) in [6, 6.07) is 0. The van der Waals surface area contributed by atoms with Crippen molar-refractivity contribution < 1.29 is 0 Å². The van der Waals surface area contributed by atoms with E-state index in [4.69, 9.17) is 5.73 Å². The van der Waals surface area contributed by atoms with Gasteiger partial charge >= 0.3 is 0 Å². The maximum atomic E-state index is 5.69. The molecule has 1 aromatic heterocycles. The van der Waals surface area contributed by atoms with Gasteiger partial charge in [0.15, 0.2) is 0 Å². The summed E-state index contributed by atoms with van der Waals surface area (Å²) >= 11 is 3.70. The van der Waals surface area contributed by atoms with Gasteiger partial charge in [0.2, 0.25) is 0 Å². The summed E-state index contributed by atoms with van der Waals surface area (Å²) in [5.74, 6) is 0.774. The van der Waals surface area contributed by atoms with Crippen LogP contribution in [0.15, 0.2) is 4.47 Å². The van der Waals surface area contributed by atoms with Crippen LogP contribution in [0.5, 0.6) is 0 Å². The van der Waals surface area contributed by atoms with E-state index in [1.165, 1.54) is 36.1 Å². The van der Waals surface area contributed by atoms with Crippen molar-refractivity contribution >= 4 is 15.9 Å². The maximum absolute atomic E-state index is 5.69. The molecule has 2 rings (SSSR count). The number of aryl methyl sites for hydroxylation is 2. The molecule has 1 aromatic rings. The zero-order valence-corrected chi connectivity index (χ0v) is 13.6. The molecule has 0 radical (unpaired) electrons. The van der Waals surface area contributed by atoms with Crippen molar-refractivity contribution in [3.05, 3.63) is 15.9 Å². The third-order valence-corrected chi connectivity index (χ3v) is 4.97. The maximum Gasteiger partial charge on any atom is 0.0767 e. The second-order valence-electron chi connectivity index (χ2n) is 5.51. The van der Waals surface area contributed by atoms with E-state index in [-0.39, 0.29) is 0 Å². The van der Waals surface area contributed by atoms with Gasteiger partial charge in [0, 0.05) is 20.1 Å². The third-order valence-electron chi connectivity index (χ3n) is 4.05. The third kappa shape index (κ3) is 3.58. The molecule has 0 aromatic carbocycles. The van der Waals surface area contributed by atoms with Crippen LogP contribution in [0.1, 0.15) is 37.6 Å². The van der Waals surface area contributed by atoms with Crippen molar-refractivity contribution in [2.75, 3.05) is 19.6 Å². The number of halogens is 1. The predicted molar refractivity (Wildman–Crippen MR) is 82.0 cm³/mol. The van der Waals surface area contributed by atoms with Gasteiger partial charge in [-0.05, 0) is 60.6 Å². The summed E-state index contributed by atoms with van der Waals surface area (Å²) in [6.07, 6.45) is 4.76. The molecule has 1 aliphatic rings. The number of hydrogen-bond acceptors (Lipinski definition) is 3. The molecule has 1 aliphatic heterocycles. The van der Waals surface area contributed by atoms with Crippen molar-refractivity contribution in [3.8, 4) is 0 Å². The zero-order chi connectivity index (χ0) is 13.8. The Morgan fingerprint density at radius 3 is 2.89 bits per heavy atom. The molecule has 0 saturated carbocycles. The Kier molecular flexibility index (Phi) is 5.42. The van der Waals surface area contributed by atoms with Gasteiger partial charge < -0.3 is 5.73 Å². The number of nitrogens with zero attached hydrogens (tertiary/aromatic N) is 3. The van der Waals surface area contributed by atoms with Crippen LogP contribution in [0.2, 0.25) is 0 Å². The van der Waals surface area contributed by atoms with Crippen LogP contribution in [0.25, 0.3) is 0 Å². The highest BCUT2D eigenvalue weighted by molar-refractivity contribution is 9.10. The Hall–Kier alpha value is -0.390. The summed E-state index contributed by atoms with van der Waals surface area (Å²) in [5.41, 5.74) is 8.14. The lowest BCUT2D eigenvalue weighted by Crippen LogP contribution is -2.36. The van der Waals surface area contributed by atoms with Crippen LogP contribution in [0.4, 0.5) is 0 Å². The summed E-state index contributed by atoms with van der Waals surface area (Å²) in [4.78, 5) is 2.55. The van der Waals surface area contributed by atoms with Crippen molar-refractivity contribution in [2.45, 2.75) is 39.2 Å². The quantitative estimate of drug-likeness (QED) is 0.902. The van der Waals surface area contributed by atoms with Gasteiger partial charge in [0.05, 0.1) is 15.9 Å². The SMILES string of the molecule is CCc1nn(C)c(CN2CCCC(CCN)C2)c1Br. The lowest BCUT2D eigenvalue weighted by molar-refractivity contribution is 0.159. The molecule has 1 atom stereocenters. The van der Waals surface area contributed by atoms with Crippen LogP contribution in [0.3, 0.4) is 0 Å². The first-order valence-electron chi connectivity index (χ1n) is 7.28. The van der Waals surface area contributed by atoms with Gasteiger partial charge in [-0.25, -0.2) is 0 Å². The smallest absolute Gasteiger partial charge is 0.0767 e. The van der Waals surface area contributed by atoms with Crippen LogP contribution >= 0.6 is 15.9 Å². The fraction of sp³-hybridized carbons (Fsp3) is 0.786. The molecule has 2 heterocycles. The first-order valence-corrected chi connectivity index (χ1v) is 8.07. The molecule has 1 fully saturated rings. The van der Waals surface area contributed by atoms with Crippen LogP contribution in [0, 0.1) is 5.92 Å². The number of piperidine rings is 1. The van der Waals surface area contributed by atoms with E-state index in [1.54, 1.807) is 0 Å². The van der Waals surface area contributed by atoms with Gasteiger partial charge in [0.25, 0.3) is 0 Å². The minimum atomic E-state index is 0.774. The van der Waals surface area contributed by atoms with E-state index in [0.717, 1.165) is 37.5 Å². The van der Waals surface area contributed by atoms with Crippen molar-refractivity contribution in [1.82, 2.24) is 14.7 Å². The Morgan fingerprint density at radius 2 is 2.26 bits per heavy atom. The zero-order valence-electron chi connectivity index (χ0n) is 12.0. The fourth-order valence-electron chi connectivity index (χ4n) is 2.97. The van der Waals surface area contributed by atoms with Gasteiger partial charge in [-0.3, -0.25) is 9.58 Å². The number of hydrogen-bond donors (Lipinski definition) is 1. The van der Waals surface area contributed by atoms with Gasteiger partial charge in [-0.15, -0.1) is 0 Å². The Labute approximate surface area is 124 Å². The molecule has 19 heavy (non-hydrogen) atoms. The van der Waals surface area contributed by atoms with Crippen molar-refractivity contribution in [2.24, 2.45) is 18.7 Å². The largest absolute Gasteiger partial charge is 0.330 e. The number of aromatic nitrogens is 2. The van der Waals surface area contributed by atoms with Crippen LogP contribution in [-0.4, -0.2) is 34.3 Å². The van der Waals surface area contributed by atoms with Crippen molar-refractivity contribution in [1.29, 1.82) is 0 Å². The average molecular weight is 329 g/mol. The Balaban J connectivity index is 2.02. The molecule has 0 amide bonds. The number of likely N-dealkylation sites (tertiary alicyclic amines) is 1. The normalized spacial score (nSPS) is 20.9. The molecule has 108 valence electrons. The second-order valence-corrected chi connectivity index (χ2v) is 6.30. The second kappa shape index (κ2) is 6.86. The van der Waals surface area contributed by atoms with Crippen molar-refractivity contribution in [3.63, 3.8) is 0 Å². The van der Waals surface area contributed by atoms with E-state index in [9.17, 15) is 0 Å². The lowest BCUT2D eigenvalue weighted by atomic mass is 9.95. The first-order chi connectivity index (χ1) is 9.15. The molecule has 0 bridgehead atoms. The van der Waals surface area contributed by atoms with E-state index < -0.39 is 0 Å². The highest BCUT2D eigenvalue weighted by Crippen LogP contribution is 2.26. The Morgan fingerprint density at radius 1 is 1.47 bits per heavy atom. The highest BCUT2D eigenvalue weighted by atomic mass is 79.9.